The molecule has 11 nitrogen and oxygen atoms in total. The molecule has 0 radical (unpaired) electrons. The molecular weight excluding hydrogens is 592 g/mol. The molecule has 0 bridgehead atoms. The highest BCUT2D eigenvalue weighted by atomic mass is 16.7. The van der Waals surface area contributed by atoms with Gasteiger partial charge in [0.05, 0.1) is 11.8 Å². The van der Waals surface area contributed by atoms with E-state index >= 15 is 0 Å². The van der Waals surface area contributed by atoms with Crippen molar-refractivity contribution < 1.29 is 42.8 Å². The summed E-state index contributed by atoms with van der Waals surface area (Å²) in [6, 6.07) is 3.38. The van der Waals surface area contributed by atoms with Gasteiger partial charge in [0.1, 0.15) is 23.2 Å². The second kappa shape index (κ2) is 21.4. The van der Waals surface area contributed by atoms with Gasteiger partial charge in [-0.15, -0.1) is 0 Å². The highest BCUT2D eigenvalue weighted by Crippen LogP contribution is 2.32. The van der Waals surface area contributed by atoms with Crippen molar-refractivity contribution in [3.05, 3.63) is 47.6 Å². The zero-order valence-corrected chi connectivity index (χ0v) is 28.0. The molecule has 1 amide bonds. The minimum Gasteiger partial charge on any atom is -0.467 e. The average Bonchev–Trinajstić information content (AvgIpc) is 3.04. The molecule has 11 heteroatoms. The molecule has 1 fully saturated rings. The van der Waals surface area contributed by atoms with E-state index in [0.717, 1.165) is 45.2 Å². The number of fused-ring (bicyclic) bond motifs is 1. The number of oxime groups is 1. The Morgan fingerprint density at radius 2 is 1.76 bits per heavy atom. The van der Waals surface area contributed by atoms with E-state index in [-0.39, 0.29) is 49.9 Å². The van der Waals surface area contributed by atoms with E-state index in [1.165, 1.54) is 0 Å². The van der Waals surface area contributed by atoms with Gasteiger partial charge in [0.15, 0.2) is 20.2 Å². The number of carbonyl (C=O) groups excluding carboxylic acids is 2. The summed E-state index contributed by atoms with van der Waals surface area (Å²) in [7, 11) is 0. The quantitative estimate of drug-likeness (QED) is 0.0746. The number of hydrogen-bond donors (Lipinski definition) is 0. The maximum absolute atomic E-state index is 13.7. The monoisotopic (exact) mass is 644 g/mol. The number of nitrogens with zero attached hydrogens (tertiary/aromatic N) is 2. The number of amides is 1. The van der Waals surface area contributed by atoms with Gasteiger partial charge in [-0.2, -0.15) is 0 Å². The van der Waals surface area contributed by atoms with Crippen LogP contribution in [0.1, 0.15) is 88.6 Å². The van der Waals surface area contributed by atoms with Gasteiger partial charge in [0, 0.05) is 51.8 Å². The molecule has 2 aliphatic rings. The molecule has 2 heterocycles. The summed E-state index contributed by atoms with van der Waals surface area (Å²) in [6.07, 6.45) is 13.7. The average molecular weight is 645 g/mol. The molecule has 1 aromatic carbocycles. The lowest BCUT2D eigenvalue weighted by atomic mass is 9.99. The van der Waals surface area contributed by atoms with Crippen molar-refractivity contribution in [2.24, 2.45) is 5.16 Å². The number of benzene rings is 1. The molecule has 256 valence electrons. The maximum Gasteiger partial charge on any atom is 0.342 e. The molecule has 46 heavy (non-hydrogen) atoms. The number of cyclic esters (lactones) is 1. The summed E-state index contributed by atoms with van der Waals surface area (Å²) < 4.78 is 34.6. The molecule has 1 aromatic rings. The number of rotatable bonds is 15. The summed E-state index contributed by atoms with van der Waals surface area (Å²) in [5.74, 6) is 0.0550. The van der Waals surface area contributed by atoms with Gasteiger partial charge in [-0.05, 0) is 70.6 Å². The van der Waals surface area contributed by atoms with Crippen LogP contribution in [0.15, 0.2) is 41.6 Å². The number of piperidine rings is 1. The SMILES string of the molecule is CCCCO[C@@H]1/C=C/C[C@@H](C)OC(=O)c2c(cc(OCOCC)cc2OCOCC)CC(=NOCC(=O)N2CCCCC2)/C=C/C1. The lowest BCUT2D eigenvalue weighted by Crippen LogP contribution is -2.37. The molecule has 0 spiro atoms. The smallest absolute Gasteiger partial charge is 0.342 e. The van der Waals surface area contributed by atoms with Crippen molar-refractivity contribution >= 4 is 17.6 Å². The highest BCUT2D eigenvalue weighted by Gasteiger charge is 2.25. The lowest BCUT2D eigenvalue weighted by molar-refractivity contribution is -0.137. The largest absolute Gasteiger partial charge is 0.467 e. The molecule has 3 rings (SSSR count). The maximum atomic E-state index is 13.7. The van der Waals surface area contributed by atoms with Crippen molar-refractivity contribution in [3.8, 4) is 11.5 Å². The number of likely N-dealkylation sites (tertiary alicyclic amines) is 1. The van der Waals surface area contributed by atoms with Gasteiger partial charge in [-0.1, -0.05) is 36.7 Å². The van der Waals surface area contributed by atoms with E-state index in [9.17, 15) is 9.59 Å². The zero-order chi connectivity index (χ0) is 33.0. The third kappa shape index (κ3) is 13.1. The first-order chi connectivity index (χ1) is 22.4. The van der Waals surface area contributed by atoms with Crippen molar-refractivity contribution in [2.45, 2.75) is 91.3 Å². The molecule has 0 saturated carbocycles. The minimum atomic E-state index is -0.545. The van der Waals surface area contributed by atoms with Crippen LogP contribution >= 0.6 is 0 Å². The summed E-state index contributed by atoms with van der Waals surface area (Å²) in [5.41, 5.74) is 1.29. The third-order valence-corrected chi connectivity index (χ3v) is 7.46. The summed E-state index contributed by atoms with van der Waals surface area (Å²) in [5, 5.41) is 4.38. The first kappa shape index (κ1) is 37.1. The van der Waals surface area contributed by atoms with Crippen molar-refractivity contribution in [3.63, 3.8) is 0 Å². The second-order valence-corrected chi connectivity index (χ2v) is 11.2. The van der Waals surface area contributed by atoms with Crippen LogP contribution in [0, 0.1) is 0 Å². The van der Waals surface area contributed by atoms with Crippen molar-refractivity contribution in [1.82, 2.24) is 4.90 Å². The van der Waals surface area contributed by atoms with Crippen molar-refractivity contribution in [1.29, 1.82) is 0 Å². The fourth-order valence-electron chi connectivity index (χ4n) is 4.95. The van der Waals surface area contributed by atoms with Crippen LogP contribution in [-0.2, 0) is 35.0 Å². The van der Waals surface area contributed by atoms with Crippen LogP contribution < -0.4 is 9.47 Å². The number of allylic oxidation sites excluding steroid dienone is 1. The van der Waals surface area contributed by atoms with Gasteiger partial charge in [-0.25, -0.2) is 4.79 Å². The molecule has 0 unspecified atom stereocenters. The Bertz CT molecular complexity index is 1160. The van der Waals surface area contributed by atoms with E-state index in [1.807, 2.05) is 50.0 Å². The molecule has 0 aromatic heterocycles. The van der Waals surface area contributed by atoms with Crippen LogP contribution in [0.3, 0.4) is 0 Å². The molecule has 0 aliphatic carbocycles. The number of ether oxygens (including phenoxy) is 6. The lowest BCUT2D eigenvalue weighted by Gasteiger charge is -2.26. The minimum absolute atomic E-state index is 0.0238. The van der Waals surface area contributed by atoms with Gasteiger partial charge in [-0.3, -0.25) is 4.79 Å². The van der Waals surface area contributed by atoms with E-state index in [1.54, 1.807) is 12.1 Å². The highest BCUT2D eigenvalue weighted by molar-refractivity contribution is 6.00. The van der Waals surface area contributed by atoms with Crippen LogP contribution in [0.2, 0.25) is 0 Å². The second-order valence-electron chi connectivity index (χ2n) is 11.2. The molecule has 0 N–H and O–H groups in total. The van der Waals surface area contributed by atoms with Crippen LogP contribution in [0.25, 0.3) is 0 Å². The third-order valence-electron chi connectivity index (χ3n) is 7.46. The first-order valence-electron chi connectivity index (χ1n) is 16.6. The van der Waals surface area contributed by atoms with Gasteiger partial charge in [0.25, 0.3) is 5.91 Å². The van der Waals surface area contributed by atoms with Gasteiger partial charge >= 0.3 is 5.97 Å². The van der Waals surface area contributed by atoms with E-state index in [0.29, 0.717) is 49.7 Å². The Morgan fingerprint density at radius 3 is 2.50 bits per heavy atom. The normalized spacial score (nSPS) is 21.5. The van der Waals surface area contributed by atoms with Crippen LogP contribution in [0.4, 0.5) is 0 Å². The summed E-state index contributed by atoms with van der Waals surface area (Å²) in [6.45, 7) is 10.5. The fourth-order valence-corrected chi connectivity index (χ4v) is 4.95. The Morgan fingerprint density at radius 1 is 1.00 bits per heavy atom. The van der Waals surface area contributed by atoms with E-state index in [2.05, 4.69) is 12.1 Å². The standard InChI is InChI=1S/C35H52N2O9/c1-5-8-20-42-30-16-12-14-27(4)46-35(39)34-28(22-31(43-25-40-6-2)23-32(34)44-26-41-7-3)21-29(15-13-17-30)36-45-24-33(38)37-18-10-9-11-19-37/h12-13,15-16,22-23,27,30H,5-11,14,17-21,24-26H2,1-4H3/b15-13+,16-12+,36-29?/t27-,30-/m1/s1. The molecule has 1 saturated heterocycles. The van der Waals surface area contributed by atoms with E-state index in [4.69, 9.17) is 33.3 Å². The topological polar surface area (TPSA) is 114 Å². The number of carbonyl (C=O) groups is 2. The van der Waals surface area contributed by atoms with E-state index < -0.39 is 12.1 Å². The molecular formula is C35H52N2O9. The molecule has 2 aliphatic heterocycles. The summed E-state index contributed by atoms with van der Waals surface area (Å²) >= 11 is 0. The van der Waals surface area contributed by atoms with Crippen LogP contribution in [-0.4, -0.2) is 87.8 Å². The Labute approximate surface area is 273 Å². The Hall–Kier alpha value is -3.41. The number of esters is 1. The fraction of sp³-hybridized carbons (Fsp3) is 0.629. The predicted molar refractivity (Wildman–Crippen MR) is 175 cm³/mol. The number of hydrogen-bond acceptors (Lipinski definition) is 10. The summed E-state index contributed by atoms with van der Waals surface area (Å²) in [4.78, 5) is 33.9. The molecule has 2 atom stereocenters. The van der Waals surface area contributed by atoms with Crippen molar-refractivity contribution in [2.75, 3.05) is 53.1 Å². The Balaban J connectivity index is 1.99. The van der Waals surface area contributed by atoms with Gasteiger partial charge < -0.3 is 38.2 Å². The zero-order valence-electron chi connectivity index (χ0n) is 28.0. The number of unbranched alkanes of at least 4 members (excludes halogenated alkanes) is 1. The predicted octanol–water partition coefficient (Wildman–Crippen LogP) is 6.00. The Kier molecular flexibility index (Phi) is 17.2. The van der Waals surface area contributed by atoms with Gasteiger partial charge in [0.2, 0.25) is 0 Å². The van der Waals surface area contributed by atoms with Crippen LogP contribution in [0.5, 0.6) is 11.5 Å². The first-order valence-corrected chi connectivity index (χ1v) is 16.6.